The molecule has 6 heteroatoms. The molecule has 5 rings (SSSR count). The van der Waals surface area contributed by atoms with Gasteiger partial charge in [-0.1, -0.05) is 68.3 Å². The number of imidazole rings is 1. The maximum atomic E-state index is 14.1. The van der Waals surface area contributed by atoms with E-state index in [1.807, 2.05) is 13.1 Å². The second-order valence-corrected chi connectivity index (χ2v) is 10.4. The number of nitrogens with zero attached hydrogens (tertiary/aromatic N) is 2. The van der Waals surface area contributed by atoms with Crippen LogP contribution in [0.4, 0.5) is 0 Å². The number of benzene rings is 2. The van der Waals surface area contributed by atoms with E-state index in [9.17, 15) is 4.79 Å². The molecule has 0 radical (unpaired) electrons. The van der Waals surface area contributed by atoms with Gasteiger partial charge in [0.15, 0.2) is 0 Å². The highest BCUT2D eigenvalue weighted by atomic mass is 16.2. The number of aromatic amines is 1. The Labute approximate surface area is 214 Å². The Bertz CT molecular complexity index is 1200. The van der Waals surface area contributed by atoms with Gasteiger partial charge >= 0.3 is 0 Å². The number of para-hydroxylation sites is 1. The quantitative estimate of drug-likeness (QED) is 0.391. The van der Waals surface area contributed by atoms with E-state index in [0.717, 1.165) is 65.9 Å². The van der Waals surface area contributed by atoms with Gasteiger partial charge in [-0.25, -0.2) is 4.98 Å². The molecule has 1 saturated heterocycles. The topological polar surface area (TPSA) is 73.0 Å². The van der Waals surface area contributed by atoms with E-state index >= 15 is 0 Å². The van der Waals surface area contributed by atoms with Crippen LogP contribution in [0, 0.1) is 5.92 Å². The van der Waals surface area contributed by atoms with E-state index in [2.05, 4.69) is 76.5 Å². The first-order valence-corrected chi connectivity index (χ1v) is 13.5. The smallest absolute Gasteiger partial charge is 0.245 e. The number of aromatic nitrogens is 2. The highest BCUT2D eigenvalue weighted by Gasteiger charge is 2.39. The highest BCUT2D eigenvalue weighted by Crippen LogP contribution is 2.36. The van der Waals surface area contributed by atoms with Crippen molar-refractivity contribution in [3.63, 3.8) is 0 Å². The van der Waals surface area contributed by atoms with Gasteiger partial charge in [-0.05, 0) is 57.2 Å². The van der Waals surface area contributed by atoms with Crippen molar-refractivity contribution in [1.29, 1.82) is 0 Å². The molecule has 1 unspecified atom stereocenters. The van der Waals surface area contributed by atoms with Gasteiger partial charge in [0.25, 0.3) is 0 Å². The van der Waals surface area contributed by atoms with Crippen molar-refractivity contribution in [3.05, 3.63) is 66.6 Å². The molecule has 190 valence electrons. The minimum atomic E-state index is -0.238. The van der Waals surface area contributed by atoms with Gasteiger partial charge in [0.05, 0.1) is 17.1 Å². The number of hydrogen-bond donors (Lipinski definition) is 3. The van der Waals surface area contributed by atoms with Gasteiger partial charge < -0.3 is 20.5 Å². The molecule has 1 aliphatic heterocycles. The summed E-state index contributed by atoms with van der Waals surface area (Å²) in [4.78, 5) is 24.9. The van der Waals surface area contributed by atoms with Crippen LogP contribution in [-0.4, -0.2) is 46.5 Å². The summed E-state index contributed by atoms with van der Waals surface area (Å²) in [7, 11) is 1.93. The highest BCUT2D eigenvalue weighted by molar-refractivity contribution is 5.92. The maximum Gasteiger partial charge on any atom is 0.245 e. The minimum Gasteiger partial charge on any atom is -0.376 e. The van der Waals surface area contributed by atoms with Gasteiger partial charge in [0, 0.05) is 23.8 Å². The SMILES string of the molecule is C=C(NC(C(=O)N1CCC[C@H]1c1nc2c(-c3ccccc3)cccc2[nH]1)C1CCCCC1)[C@H](C)NC. The van der Waals surface area contributed by atoms with Crippen molar-refractivity contribution in [2.24, 2.45) is 5.92 Å². The Morgan fingerprint density at radius 1 is 1.06 bits per heavy atom. The third-order valence-electron chi connectivity index (χ3n) is 8.15. The molecule has 3 aromatic rings. The monoisotopic (exact) mass is 485 g/mol. The van der Waals surface area contributed by atoms with Crippen molar-refractivity contribution in [2.75, 3.05) is 13.6 Å². The number of likely N-dealkylation sites (tertiary alicyclic amines) is 1. The lowest BCUT2D eigenvalue weighted by Crippen LogP contribution is -2.52. The lowest BCUT2D eigenvalue weighted by atomic mass is 9.83. The lowest BCUT2D eigenvalue weighted by molar-refractivity contribution is -0.136. The largest absolute Gasteiger partial charge is 0.376 e. The average molecular weight is 486 g/mol. The van der Waals surface area contributed by atoms with Crippen molar-refractivity contribution in [3.8, 4) is 11.1 Å². The lowest BCUT2D eigenvalue weighted by Gasteiger charge is -2.36. The molecule has 6 nitrogen and oxygen atoms in total. The molecule has 2 aromatic carbocycles. The van der Waals surface area contributed by atoms with Gasteiger partial charge in [-0.2, -0.15) is 0 Å². The molecule has 1 aromatic heterocycles. The summed E-state index contributed by atoms with van der Waals surface area (Å²) in [6.45, 7) is 7.10. The fourth-order valence-electron chi connectivity index (χ4n) is 5.90. The summed E-state index contributed by atoms with van der Waals surface area (Å²) in [5, 5.41) is 6.81. The Hall–Kier alpha value is -3.12. The van der Waals surface area contributed by atoms with Gasteiger partial charge in [0.2, 0.25) is 5.91 Å². The van der Waals surface area contributed by atoms with Crippen LogP contribution in [0.3, 0.4) is 0 Å². The van der Waals surface area contributed by atoms with Crippen LogP contribution in [0.25, 0.3) is 22.2 Å². The van der Waals surface area contributed by atoms with E-state index in [1.165, 1.54) is 19.3 Å². The molecule has 2 heterocycles. The standard InChI is InChI=1S/C30H39N5O/c1-20(31-3)21(2)32-27(23-14-8-5-9-15-23)30(36)35-19-11-18-26(35)29-33-25-17-10-16-24(28(25)34-29)22-12-6-4-7-13-22/h4,6-7,10,12-13,16-17,20,23,26-27,31-32H,2,5,8-9,11,14-15,18-19H2,1,3H3,(H,33,34)/t20-,26-,27?/m0/s1. The molecule has 0 spiro atoms. The zero-order chi connectivity index (χ0) is 25.1. The summed E-state index contributed by atoms with van der Waals surface area (Å²) >= 11 is 0. The molecular formula is C30H39N5O. The number of H-pyrrole nitrogens is 1. The first kappa shape index (κ1) is 24.6. The first-order valence-electron chi connectivity index (χ1n) is 13.5. The number of likely N-dealkylation sites (N-methyl/N-ethyl adjacent to an activating group) is 1. The Balaban J connectivity index is 1.44. The zero-order valence-corrected chi connectivity index (χ0v) is 21.6. The Morgan fingerprint density at radius 3 is 2.58 bits per heavy atom. The number of nitrogens with one attached hydrogen (secondary N) is 3. The summed E-state index contributed by atoms with van der Waals surface area (Å²) in [5.74, 6) is 1.43. The van der Waals surface area contributed by atoms with Crippen molar-refractivity contribution < 1.29 is 4.79 Å². The first-order chi connectivity index (χ1) is 17.6. The van der Waals surface area contributed by atoms with Crippen LogP contribution in [0.1, 0.15) is 63.7 Å². The third-order valence-corrected chi connectivity index (χ3v) is 8.15. The van der Waals surface area contributed by atoms with E-state index in [0.29, 0.717) is 5.92 Å². The molecule has 1 amide bonds. The van der Waals surface area contributed by atoms with Gasteiger partial charge in [-0.3, -0.25) is 4.79 Å². The van der Waals surface area contributed by atoms with Crippen LogP contribution < -0.4 is 10.6 Å². The second kappa shape index (κ2) is 10.9. The number of fused-ring (bicyclic) bond motifs is 1. The zero-order valence-electron chi connectivity index (χ0n) is 21.6. The fraction of sp³-hybridized carbons (Fsp3) is 0.467. The molecule has 2 aliphatic rings. The van der Waals surface area contributed by atoms with Crippen LogP contribution in [0.5, 0.6) is 0 Å². The normalized spacial score (nSPS) is 20.4. The summed E-state index contributed by atoms with van der Waals surface area (Å²) in [6, 6.07) is 16.5. The van der Waals surface area contributed by atoms with Crippen molar-refractivity contribution in [2.45, 2.75) is 70.0 Å². The molecule has 2 fully saturated rings. The Kier molecular flexibility index (Phi) is 7.42. The van der Waals surface area contributed by atoms with E-state index < -0.39 is 0 Å². The van der Waals surface area contributed by atoms with Crippen molar-refractivity contribution >= 4 is 16.9 Å². The van der Waals surface area contributed by atoms with Gasteiger partial charge in [-0.15, -0.1) is 0 Å². The number of rotatable bonds is 8. The van der Waals surface area contributed by atoms with Crippen LogP contribution in [0.2, 0.25) is 0 Å². The van der Waals surface area contributed by atoms with Crippen LogP contribution in [0.15, 0.2) is 60.8 Å². The number of hydrogen-bond acceptors (Lipinski definition) is 4. The predicted molar refractivity (Wildman–Crippen MR) is 146 cm³/mol. The van der Waals surface area contributed by atoms with Crippen molar-refractivity contribution in [1.82, 2.24) is 25.5 Å². The fourth-order valence-corrected chi connectivity index (χ4v) is 5.90. The Morgan fingerprint density at radius 2 is 1.83 bits per heavy atom. The average Bonchev–Trinajstić information content (AvgIpc) is 3.59. The summed E-state index contributed by atoms with van der Waals surface area (Å²) < 4.78 is 0. The molecule has 36 heavy (non-hydrogen) atoms. The summed E-state index contributed by atoms with van der Waals surface area (Å²) in [5.41, 5.74) is 5.14. The minimum absolute atomic E-state index is 0.0311. The maximum absolute atomic E-state index is 14.1. The predicted octanol–water partition coefficient (Wildman–Crippen LogP) is 5.55. The van der Waals surface area contributed by atoms with Crippen LogP contribution >= 0.6 is 0 Å². The number of carbonyl (C=O) groups is 1. The third kappa shape index (κ3) is 4.92. The molecule has 1 aliphatic carbocycles. The molecular weight excluding hydrogens is 446 g/mol. The van der Waals surface area contributed by atoms with Gasteiger partial charge in [0.1, 0.15) is 11.9 Å². The van der Waals surface area contributed by atoms with E-state index in [-0.39, 0.29) is 24.0 Å². The number of amides is 1. The molecule has 3 atom stereocenters. The molecule has 0 bridgehead atoms. The van der Waals surface area contributed by atoms with E-state index in [1.54, 1.807) is 0 Å². The second-order valence-electron chi connectivity index (χ2n) is 10.4. The number of carbonyl (C=O) groups excluding carboxylic acids is 1. The van der Waals surface area contributed by atoms with E-state index in [4.69, 9.17) is 4.98 Å². The molecule has 3 N–H and O–H groups in total. The summed E-state index contributed by atoms with van der Waals surface area (Å²) in [6.07, 6.45) is 7.75. The van der Waals surface area contributed by atoms with Crippen LogP contribution in [-0.2, 0) is 4.79 Å². The molecule has 1 saturated carbocycles.